The van der Waals surface area contributed by atoms with Crippen molar-refractivity contribution in [3.63, 3.8) is 0 Å². The van der Waals surface area contributed by atoms with Crippen molar-refractivity contribution in [2.45, 2.75) is 10.6 Å². The third-order valence-corrected chi connectivity index (χ3v) is 7.78. The molecule has 0 spiro atoms. The van der Waals surface area contributed by atoms with Gasteiger partial charge < -0.3 is 23.7 Å². The largest absolute Gasteiger partial charge is 0.497 e. The van der Waals surface area contributed by atoms with E-state index in [0.717, 1.165) is 5.41 Å². The summed E-state index contributed by atoms with van der Waals surface area (Å²) >= 11 is 0. The second-order valence-corrected chi connectivity index (χ2v) is 11.2. The van der Waals surface area contributed by atoms with Gasteiger partial charge in [0, 0.05) is 28.7 Å². The maximum absolute atomic E-state index is 13.0. The summed E-state index contributed by atoms with van der Waals surface area (Å²) in [6.07, 6.45) is 1.37. The molecule has 204 valence electrons. The second kappa shape index (κ2) is 11.8. The van der Waals surface area contributed by atoms with Crippen molar-refractivity contribution in [2.75, 3.05) is 35.5 Å². The number of rotatable bonds is 11. The van der Waals surface area contributed by atoms with Crippen molar-refractivity contribution >= 4 is 26.0 Å². The molecule has 0 fully saturated rings. The van der Waals surface area contributed by atoms with Crippen LogP contribution < -0.4 is 23.7 Å². The van der Waals surface area contributed by atoms with Gasteiger partial charge in [0.1, 0.15) is 33.6 Å². The molecule has 0 saturated heterocycles. The molecular weight excluding hydrogens is 536 g/mol. The molecule has 0 heterocycles. The van der Waals surface area contributed by atoms with Crippen LogP contribution in [-0.2, 0) is 25.7 Å². The van der Waals surface area contributed by atoms with Gasteiger partial charge >= 0.3 is 0 Å². The van der Waals surface area contributed by atoms with Crippen LogP contribution in [0.2, 0.25) is 0 Å². The van der Waals surface area contributed by atoms with Gasteiger partial charge in [-0.05, 0) is 42.0 Å². The van der Waals surface area contributed by atoms with Crippen LogP contribution in [0.25, 0.3) is 17.2 Å². The highest BCUT2D eigenvalue weighted by Gasteiger charge is 2.21. The Hall–Kier alpha value is -3.74. The van der Waals surface area contributed by atoms with Crippen LogP contribution in [0, 0.1) is 0 Å². The highest BCUT2D eigenvalue weighted by molar-refractivity contribution is 7.93. The molecule has 0 aromatic heterocycles. The third-order valence-electron chi connectivity index (χ3n) is 5.58. The van der Waals surface area contributed by atoms with Crippen LogP contribution in [0.4, 0.5) is 0 Å². The first kappa shape index (κ1) is 28.8. The summed E-state index contributed by atoms with van der Waals surface area (Å²) in [7, 11) is -1.26. The number of sulfone groups is 1. The van der Waals surface area contributed by atoms with Crippen molar-refractivity contribution < 1.29 is 45.1 Å². The summed E-state index contributed by atoms with van der Waals surface area (Å²) in [5, 5.41) is 1.04. The van der Waals surface area contributed by atoms with Crippen molar-refractivity contribution in [3.8, 4) is 39.9 Å². The molecule has 0 saturated carbocycles. The van der Waals surface area contributed by atoms with E-state index in [4.69, 9.17) is 23.7 Å². The van der Waals surface area contributed by atoms with Crippen LogP contribution in [-0.4, -0.2) is 56.9 Å². The van der Waals surface area contributed by atoms with Crippen LogP contribution >= 0.6 is 0 Å². The molecule has 0 bridgehead atoms. The summed E-state index contributed by atoms with van der Waals surface area (Å²) in [6, 6.07) is 11.8. The number of methoxy groups -OCH3 is 5. The Morgan fingerprint density at radius 2 is 1.29 bits per heavy atom. The van der Waals surface area contributed by atoms with Gasteiger partial charge in [0.2, 0.25) is 0 Å². The number of hydrogen-bond acceptors (Lipinski definition) is 9. The molecule has 0 amide bonds. The van der Waals surface area contributed by atoms with E-state index in [1.807, 2.05) is 0 Å². The Morgan fingerprint density at radius 1 is 0.684 bits per heavy atom. The summed E-state index contributed by atoms with van der Waals surface area (Å²) in [5.41, 5.74) is 1.10. The molecular formula is C26H28O10S2. The van der Waals surface area contributed by atoms with Crippen LogP contribution in [0.15, 0.2) is 58.8 Å². The van der Waals surface area contributed by atoms with Gasteiger partial charge in [-0.2, -0.15) is 8.42 Å². The van der Waals surface area contributed by atoms with Gasteiger partial charge in [-0.3, -0.25) is 4.55 Å². The zero-order valence-corrected chi connectivity index (χ0v) is 23.1. The fourth-order valence-corrected chi connectivity index (χ4v) is 5.55. The SMILES string of the molecule is COc1cc(OC)c(/C=C/S(=O)(=O)Cc2ccc(OC)c(-c3cc(OC)ccc3S(=O)(=O)O)c2)c(OC)c1. The summed E-state index contributed by atoms with van der Waals surface area (Å²) in [5.74, 6) is 1.38. The molecule has 3 aromatic rings. The Kier molecular flexibility index (Phi) is 8.92. The average molecular weight is 565 g/mol. The van der Waals surface area contributed by atoms with Gasteiger partial charge in [0.15, 0.2) is 9.84 Å². The summed E-state index contributed by atoms with van der Waals surface area (Å²) in [6.45, 7) is 0. The Balaban J connectivity index is 2.05. The van der Waals surface area contributed by atoms with Crippen molar-refractivity contribution in [2.24, 2.45) is 0 Å². The van der Waals surface area contributed by atoms with Gasteiger partial charge in [0.25, 0.3) is 10.1 Å². The van der Waals surface area contributed by atoms with Crippen LogP contribution in [0.3, 0.4) is 0 Å². The Labute approximate surface area is 222 Å². The molecule has 0 atom stereocenters. The lowest BCUT2D eigenvalue weighted by atomic mass is 10.0. The fourth-order valence-electron chi connectivity index (χ4n) is 3.78. The first-order valence-electron chi connectivity index (χ1n) is 11.0. The van der Waals surface area contributed by atoms with Gasteiger partial charge in [-0.25, -0.2) is 8.42 Å². The van der Waals surface area contributed by atoms with Crippen molar-refractivity contribution in [1.82, 2.24) is 0 Å². The molecule has 3 aromatic carbocycles. The lowest BCUT2D eigenvalue weighted by Gasteiger charge is -2.15. The lowest BCUT2D eigenvalue weighted by molar-refractivity contribution is 0.374. The maximum Gasteiger partial charge on any atom is 0.295 e. The smallest absolute Gasteiger partial charge is 0.295 e. The first-order valence-corrected chi connectivity index (χ1v) is 14.2. The molecule has 0 aliphatic rings. The van der Waals surface area contributed by atoms with E-state index in [1.54, 1.807) is 18.2 Å². The van der Waals surface area contributed by atoms with Crippen molar-refractivity contribution in [1.29, 1.82) is 0 Å². The van der Waals surface area contributed by atoms with E-state index in [9.17, 15) is 21.4 Å². The predicted octanol–water partition coefficient (Wildman–Crippen LogP) is 4.23. The zero-order valence-electron chi connectivity index (χ0n) is 21.4. The number of benzene rings is 3. The topological polar surface area (TPSA) is 135 Å². The molecule has 0 radical (unpaired) electrons. The van der Waals surface area contributed by atoms with Crippen molar-refractivity contribution in [3.05, 3.63) is 65.1 Å². The maximum atomic E-state index is 13.0. The highest BCUT2D eigenvalue weighted by Crippen LogP contribution is 2.38. The Bertz CT molecular complexity index is 1530. The summed E-state index contributed by atoms with van der Waals surface area (Å²) < 4.78 is 86.5. The highest BCUT2D eigenvalue weighted by atomic mass is 32.2. The van der Waals surface area contributed by atoms with E-state index < -0.39 is 25.7 Å². The van der Waals surface area contributed by atoms with E-state index in [-0.39, 0.29) is 21.8 Å². The lowest BCUT2D eigenvalue weighted by Crippen LogP contribution is -2.04. The molecule has 10 nitrogen and oxygen atoms in total. The van der Waals surface area contributed by atoms with E-state index in [1.165, 1.54) is 72.0 Å². The molecule has 0 aliphatic carbocycles. The molecule has 0 unspecified atom stereocenters. The molecule has 0 aliphatic heterocycles. The average Bonchev–Trinajstić information content (AvgIpc) is 2.90. The number of ether oxygens (including phenoxy) is 5. The summed E-state index contributed by atoms with van der Waals surface area (Å²) in [4.78, 5) is -0.379. The quantitative estimate of drug-likeness (QED) is 0.337. The number of hydrogen-bond donors (Lipinski definition) is 1. The van der Waals surface area contributed by atoms with E-state index in [0.29, 0.717) is 34.1 Å². The van der Waals surface area contributed by atoms with E-state index in [2.05, 4.69) is 0 Å². The van der Waals surface area contributed by atoms with Crippen LogP contribution in [0.1, 0.15) is 11.1 Å². The first-order chi connectivity index (χ1) is 18.0. The minimum Gasteiger partial charge on any atom is -0.497 e. The third kappa shape index (κ3) is 6.57. The molecule has 3 rings (SSSR count). The minimum absolute atomic E-state index is 0.0891. The van der Waals surface area contributed by atoms with Gasteiger partial charge in [-0.1, -0.05) is 6.07 Å². The second-order valence-electron chi connectivity index (χ2n) is 7.93. The van der Waals surface area contributed by atoms with Crippen LogP contribution in [0.5, 0.6) is 28.7 Å². The minimum atomic E-state index is -4.61. The zero-order chi connectivity index (χ0) is 28.1. The standard InChI is InChI=1S/C26H28O10S2/c1-32-18-7-9-26(38(29,30)31)22(13-18)21-12-17(6-8-23(21)34-3)16-37(27,28)11-10-20-24(35-4)14-19(33-2)15-25(20)36-5/h6-15H,16H2,1-5H3,(H,29,30,31)/b11-10+. The van der Waals surface area contributed by atoms with E-state index >= 15 is 0 Å². The predicted molar refractivity (Wildman–Crippen MR) is 143 cm³/mol. The normalized spacial score (nSPS) is 11.8. The molecule has 12 heteroatoms. The van der Waals surface area contributed by atoms with Gasteiger partial charge in [-0.15, -0.1) is 0 Å². The monoisotopic (exact) mass is 564 g/mol. The fraction of sp³-hybridized carbons (Fsp3) is 0.231. The molecule has 38 heavy (non-hydrogen) atoms. The Morgan fingerprint density at radius 3 is 1.82 bits per heavy atom. The van der Waals surface area contributed by atoms with Gasteiger partial charge in [0.05, 0.1) is 46.9 Å². The molecule has 1 N–H and O–H groups in total.